The van der Waals surface area contributed by atoms with Crippen LogP contribution in [0.4, 0.5) is 0 Å². The van der Waals surface area contributed by atoms with Gasteiger partial charge in [-0.1, -0.05) is 30.3 Å². The van der Waals surface area contributed by atoms with E-state index in [4.69, 9.17) is 4.42 Å². The summed E-state index contributed by atoms with van der Waals surface area (Å²) in [6.07, 6.45) is 8.35. The highest BCUT2D eigenvalue weighted by atomic mass is 16.3. The van der Waals surface area contributed by atoms with Gasteiger partial charge in [0, 0.05) is 37.5 Å². The Bertz CT molecular complexity index is 829. The molecule has 5 nitrogen and oxygen atoms in total. The van der Waals surface area contributed by atoms with E-state index in [0.717, 1.165) is 57.6 Å². The molecule has 1 saturated carbocycles. The maximum Gasteiger partial charge on any atom is 0.276 e. The SMILES string of the molecule is O=C(c1ncoc1C1CC1)N1CC[C@@]2(CCCN(CCc3ccccc3)C2)C1. The number of nitrogens with zero attached hydrogens (tertiary/aromatic N) is 3. The molecule has 1 spiro atoms. The number of amides is 1. The molecule has 1 aromatic carbocycles. The monoisotopic (exact) mass is 379 g/mol. The van der Waals surface area contributed by atoms with E-state index in [9.17, 15) is 4.79 Å². The van der Waals surface area contributed by atoms with Crippen molar-refractivity contribution in [2.75, 3.05) is 32.7 Å². The zero-order valence-corrected chi connectivity index (χ0v) is 16.5. The predicted octanol–water partition coefficient (Wildman–Crippen LogP) is 3.72. The Hall–Kier alpha value is -2.14. The van der Waals surface area contributed by atoms with Crippen molar-refractivity contribution in [3.63, 3.8) is 0 Å². The summed E-state index contributed by atoms with van der Waals surface area (Å²) in [4.78, 5) is 22.0. The average molecular weight is 380 g/mol. The number of carbonyl (C=O) groups excluding carboxylic acids is 1. The van der Waals surface area contributed by atoms with Crippen molar-refractivity contribution in [3.05, 3.63) is 53.7 Å². The lowest BCUT2D eigenvalue weighted by atomic mass is 9.79. The zero-order valence-electron chi connectivity index (χ0n) is 16.5. The number of likely N-dealkylation sites (tertiary alicyclic amines) is 2. The summed E-state index contributed by atoms with van der Waals surface area (Å²) in [5, 5.41) is 0. The first kappa shape index (κ1) is 17.9. The molecule has 28 heavy (non-hydrogen) atoms. The second-order valence-electron chi connectivity index (χ2n) is 8.93. The Morgan fingerprint density at radius 3 is 2.82 bits per heavy atom. The Morgan fingerprint density at radius 1 is 1.14 bits per heavy atom. The Kier molecular flexibility index (Phi) is 4.71. The van der Waals surface area contributed by atoms with E-state index in [1.54, 1.807) is 0 Å². The number of aromatic nitrogens is 1. The first-order valence-corrected chi connectivity index (χ1v) is 10.7. The van der Waals surface area contributed by atoms with Crippen LogP contribution in [0, 0.1) is 5.41 Å². The smallest absolute Gasteiger partial charge is 0.276 e. The van der Waals surface area contributed by atoms with Crippen molar-refractivity contribution in [3.8, 4) is 0 Å². The summed E-state index contributed by atoms with van der Waals surface area (Å²) in [6, 6.07) is 10.7. The van der Waals surface area contributed by atoms with Gasteiger partial charge in [-0.05, 0) is 50.6 Å². The van der Waals surface area contributed by atoms with Gasteiger partial charge < -0.3 is 14.2 Å². The number of rotatable bonds is 5. The molecule has 0 unspecified atom stereocenters. The third-order valence-corrected chi connectivity index (χ3v) is 6.77. The van der Waals surface area contributed by atoms with Gasteiger partial charge in [0.1, 0.15) is 5.76 Å². The second kappa shape index (κ2) is 7.36. The van der Waals surface area contributed by atoms with E-state index in [1.165, 1.54) is 31.3 Å². The maximum atomic E-state index is 13.1. The van der Waals surface area contributed by atoms with Gasteiger partial charge in [-0.2, -0.15) is 0 Å². The third kappa shape index (κ3) is 3.60. The molecule has 5 rings (SSSR count). The molecule has 148 valence electrons. The lowest BCUT2D eigenvalue weighted by Gasteiger charge is -2.40. The molecule has 2 aromatic rings. The van der Waals surface area contributed by atoms with E-state index < -0.39 is 0 Å². The lowest BCUT2D eigenvalue weighted by Crippen LogP contribution is -2.46. The number of hydrogen-bond acceptors (Lipinski definition) is 4. The molecule has 1 aliphatic carbocycles. The molecule has 3 fully saturated rings. The minimum Gasteiger partial charge on any atom is -0.447 e. The molecule has 3 aliphatic rings. The van der Waals surface area contributed by atoms with E-state index in [-0.39, 0.29) is 11.3 Å². The number of piperidine rings is 1. The van der Waals surface area contributed by atoms with E-state index in [0.29, 0.717) is 11.6 Å². The summed E-state index contributed by atoms with van der Waals surface area (Å²) in [5.74, 6) is 1.31. The maximum absolute atomic E-state index is 13.1. The first-order chi connectivity index (χ1) is 13.7. The molecule has 0 bridgehead atoms. The van der Waals surface area contributed by atoms with Crippen molar-refractivity contribution in [2.45, 2.75) is 44.4 Å². The van der Waals surface area contributed by atoms with Gasteiger partial charge in [0.2, 0.25) is 0 Å². The van der Waals surface area contributed by atoms with Gasteiger partial charge in [0.25, 0.3) is 5.91 Å². The molecule has 5 heteroatoms. The van der Waals surface area contributed by atoms with Crippen molar-refractivity contribution in [2.24, 2.45) is 5.41 Å². The van der Waals surface area contributed by atoms with Gasteiger partial charge in [0.15, 0.2) is 12.1 Å². The highest BCUT2D eigenvalue weighted by Crippen LogP contribution is 2.43. The van der Waals surface area contributed by atoms with Crippen LogP contribution in [0.15, 0.2) is 41.1 Å². The van der Waals surface area contributed by atoms with Crippen molar-refractivity contribution in [1.29, 1.82) is 0 Å². The molecular weight excluding hydrogens is 350 g/mol. The summed E-state index contributed by atoms with van der Waals surface area (Å²) >= 11 is 0. The van der Waals surface area contributed by atoms with Crippen molar-refractivity contribution in [1.82, 2.24) is 14.8 Å². The van der Waals surface area contributed by atoms with E-state index in [1.807, 2.05) is 4.90 Å². The second-order valence-corrected chi connectivity index (χ2v) is 8.93. The topological polar surface area (TPSA) is 49.6 Å². The summed E-state index contributed by atoms with van der Waals surface area (Å²) in [6.45, 7) is 5.11. The predicted molar refractivity (Wildman–Crippen MR) is 107 cm³/mol. The number of carbonyl (C=O) groups is 1. The highest BCUT2D eigenvalue weighted by molar-refractivity contribution is 5.93. The van der Waals surface area contributed by atoms with Crippen LogP contribution < -0.4 is 0 Å². The van der Waals surface area contributed by atoms with Crippen LogP contribution in [-0.4, -0.2) is 53.4 Å². The van der Waals surface area contributed by atoms with Crippen LogP contribution in [0.25, 0.3) is 0 Å². The van der Waals surface area contributed by atoms with Crippen LogP contribution in [-0.2, 0) is 6.42 Å². The molecule has 3 heterocycles. The third-order valence-electron chi connectivity index (χ3n) is 6.77. The number of hydrogen-bond donors (Lipinski definition) is 0. The van der Waals surface area contributed by atoms with Crippen LogP contribution in [0.1, 0.15) is 59.8 Å². The van der Waals surface area contributed by atoms with Gasteiger partial charge in [0.05, 0.1) is 0 Å². The molecule has 0 N–H and O–H groups in total. The van der Waals surface area contributed by atoms with Gasteiger partial charge >= 0.3 is 0 Å². The fourth-order valence-corrected chi connectivity index (χ4v) is 5.08. The number of benzene rings is 1. The molecule has 1 atom stereocenters. The largest absolute Gasteiger partial charge is 0.447 e. The highest BCUT2D eigenvalue weighted by Gasteiger charge is 2.44. The molecule has 1 aromatic heterocycles. The van der Waals surface area contributed by atoms with Crippen molar-refractivity contribution >= 4 is 5.91 Å². The van der Waals surface area contributed by atoms with Gasteiger partial charge in [-0.15, -0.1) is 0 Å². The molecule has 2 aliphatic heterocycles. The normalized spacial score (nSPS) is 25.5. The average Bonchev–Trinajstić information content (AvgIpc) is 3.32. The standard InChI is InChI=1S/C23H29N3O2/c27-22(20-21(19-7-8-19)28-17-24-20)26-14-11-23(16-26)10-4-12-25(15-23)13-9-18-5-2-1-3-6-18/h1-3,5-6,17,19H,4,7-16H2/t23-/m1/s1. The fourth-order valence-electron chi connectivity index (χ4n) is 5.08. The van der Waals surface area contributed by atoms with Crippen LogP contribution >= 0.6 is 0 Å². The quantitative estimate of drug-likeness (QED) is 0.794. The van der Waals surface area contributed by atoms with Gasteiger partial charge in [-0.25, -0.2) is 4.98 Å². The molecule has 1 amide bonds. The summed E-state index contributed by atoms with van der Waals surface area (Å²) < 4.78 is 5.53. The van der Waals surface area contributed by atoms with Gasteiger partial charge in [-0.3, -0.25) is 4.79 Å². The minimum atomic E-state index is 0.0777. The molecule has 2 saturated heterocycles. The zero-order chi connectivity index (χ0) is 19.0. The first-order valence-electron chi connectivity index (χ1n) is 10.7. The Balaban J connectivity index is 1.21. The summed E-state index contributed by atoms with van der Waals surface area (Å²) in [5.41, 5.74) is 2.23. The van der Waals surface area contributed by atoms with E-state index >= 15 is 0 Å². The summed E-state index contributed by atoms with van der Waals surface area (Å²) in [7, 11) is 0. The lowest BCUT2D eigenvalue weighted by molar-refractivity contribution is 0.0686. The van der Waals surface area contributed by atoms with Crippen molar-refractivity contribution < 1.29 is 9.21 Å². The molecule has 0 radical (unpaired) electrons. The fraction of sp³-hybridized carbons (Fsp3) is 0.565. The van der Waals surface area contributed by atoms with Crippen LogP contribution in [0.3, 0.4) is 0 Å². The Labute approximate surface area is 166 Å². The van der Waals surface area contributed by atoms with E-state index in [2.05, 4.69) is 40.2 Å². The minimum absolute atomic E-state index is 0.0777. The Morgan fingerprint density at radius 2 is 2.00 bits per heavy atom. The molecular formula is C23H29N3O2. The number of oxazole rings is 1. The van der Waals surface area contributed by atoms with Crippen LogP contribution in [0.2, 0.25) is 0 Å². The van der Waals surface area contributed by atoms with Crippen LogP contribution in [0.5, 0.6) is 0 Å².